The zero-order valence-corrected chi connectivity index (χ0v) is 19.2. The number of rotatable bonds is 8. The van der Waals surface area contributed by atoms with E-state index in [9.17, 15) is 22.8 Å². The second-order valence-corrected chi connectivity index (χ2v) is 8.90. The molecule has 10 heteroatoms. The van der Waals surface area contributed by atoms with E-state index in [2.05, 4.69) is 10.1 Å². The summed E-state index contributed by atoms with van der Waals surface area (Å²) in [6, 6.07) is 20.1. The average molecular weight is 483 g/mol. The maximum atomic E-state index is 13.2. The van der Waals surface area contributed by atoms with Crippen molar-refractivity contribution in [3.05, 3.63) is 90.0 Å². The Balaban J connectivity index is 1.75. The van der Waals surface area contributed by atoms with E-state index in [4.69, 9.17) is 4.74 Å². The molecule has 1 amide bonds. The Hall–Kier alpha value is -4.18. The topological polar surface area (TPSA) is 119 Å². The Bertz CT molecular complexity index is 1310. The molecule has 1 N–H and O–H groups in total. The predicted octanol–water partition coefficient (Wildman–Crippen LogP) is 3.09. The van der Waals surface area contributed by atoms with Gasteiger partial charge in [0.1, 0.15) is 4.90 Å². The monoisotopic (exact) mass is 482 g/mol. The van der Waals surface area contributed by atoms with Crippen LogP contribution in [0.25, 0.3) is 0 Å². The quantitative estimate of drug-likeness (QED) is 0.490. The van der Waals surface area contributed by atoms with E-state index >= 15 is 0 Å². The number of ether oxygens (including phenoxy) is 2. The van der Waals surface area contributed by atoms with Crippen molar-refractivity contribution in [1.82, 2.24) is 0 Å². The standard InChI is InChI=1S/C24H22N2O7S/c1-26(17-10-4-3-5-11-17)34(30,31)21-15-9-7-13-19(21)24(29)33-16-22(27)25-20-14-8-6-12-18(20)23(28)32-2/h3-15H,16H2,1-2H3,(H,25,27). The normalized spacial score (nSPS) is 10.8. The number of hydrogen-bond acceptors (Lipinski definition) is 7. The maximum absolute atomic E-state index is 13.2. The minimum atomic E-state index is -4.09. The zero-order valence-electron chi connectivity index (χ0n) is 18.4. The van der Waals surface area contributed by atoms with Gasteiger partial charge >= 0.3 is 11.9 Å². The van der Waals surface area contributed by atoms with Crippen LogP contribution >= 0.6 is 0 Å². The van der Waals surface area contributed by atoms with Crippen LogP contribution in [0.5, 0.6) is 0 Å². The minimum Gasteiger partial charge on any atom is -0.465 e. The smallest absolute Gasteiger partial charge is 0.340 e. The van der Waals surface area contributed by atoms with E-state index in [0.717, 1.165) is 4.31 Å². The van der Waals surface area contributed by atoms with E-state index in [1.54, 1.807) is 42.5 Å². The first kappa shape index (κ1) is 24.5. The molecule has 0 aromatic heterocycles. The Morgan fingerprint density at radius 2 is 1.41 bits per heavy atom. The molecule has 176 valence electrons. The number of hydrogen-bond donors (Lipinski definition) is 1. The lowest BCUT2D eigenvalue weighted by atomic mass is 10.2. The number of methoxy groups -OCH3 is 1. The highest BCUT2D eigenvalue weighted by Gasteiger charge is 2.27. The molecule has 0 aliphatic carbocycles. The third-order valence-electron chi connectivity index (χ3n) is 4.81. The van der Waals surface area contributed by atoms with Crippen molar-refractivity contribution < 1.29 is 32.3 Å². The first-order chi connectivity index (χ1) is 16.3. The van der Waals surface area contributed by atoms with Crippen molar-refractivity contribution in [3.63, 3.8) is 0 Å². The molecule has 0 spiro atoms. The molecule has 3 aromatic rings. The summed E-state index contributed by atoms with van der Waals surface area (Å²) >= 11 is 0. The fourth-order valence-electron chi connectivity index (χ4n) is 3.06. The lowest BCUT2D eigenvalue weighted by Gasteiger charge is -2.20. The SMILES string of the molecule is COC(=O)c1ccccc1NC(=O)COC(=O)c1ccccc1S(=O)(=O)N(C)c1ccccc1. The summed E-state index contributed by atoms with van der Waals surface area (Å²) < 4.78 is 37.1. The molecule has 0 fully saturated rings. The van der Waals surface area contributed by atoms with Crippen LogP contribution in [0, 0.1) is 0 Å². The minimum absolute atomic E-state index is 0.130. The first-order valence-electron chi connectivity index (χ1n) is 10.0. The van der Waals surface area contributed by atoms with Crippen molar-refractivity contribution >= 4 is 39.2 Å². The van der Waals surface area contributed by atoms with Crippen LogP contribution in [0.15, 0.2) is 83.8 Å². The van der Waals surface area contributed by atoms with Crippen molar-refractivity contribution in [3.8, 4) is 0 Å². The maximum Gasteiger partial charge on any atom is 0.340 e. The molecule has 0 radical (unpaired) electrons. The number of nitrogens with one attached hydrogen (secondary N) is 1. The molecule has 9 nitrogen and oxygen atoms in total. The molecule has 0 saturated heterocycles. The molecule has 0 saturated carbocycles. The van der Waals surface area contributed by atoms with E-state index < -0.39 is 34.5 Å². The highest BCUT2D eigenvalue weighted by atomic mass is 32.2. The number of sulfonamides is 1. The van der Waals surface area contributed by atoms with Crippen molar-refractivity contribution in [2.75, 3.05) is 30.4 Å². The van der Waals surface area contributed by atoms with Gasteiger partial charge < -0.3 is 14.8 Å². The van der Waals surface area contributed by atoms with Gasteiger partial charge in [0, 0.05) is 7.05 Å². The molecule has 0 unspecified atom stereocenters. The summed E-state index contributed by atoms with van der Waals surface area (Å²) in [6.07, 6.45) is 0. The van der Waals surface area contributed by atoms with Crippen molar-refractivity contribution in [2.45, 2.75) is 4.90 Å². The third-order valence-corrected chi connectivity index (χ3v) is 6.65. The molecule has 0 atom stereocenters. The molecule has 3 aromatic carbocycles. The number of para-hydroxylation sites is 2. The zero-order chi connectivity index (χ0) is 24.7. The summed E-state index contributed by atoms with van der Waals surface area (Å²) in [7, 11) is -1.51. The molecule has 0 aliphatic heterocycles. The van der Waals surface area contributed by atoms with Crippen LogP contribution in [0.1, 0.15) is 20.7 Å². The second-order valence-electron chi connectivity index (χ2n) is 6.97. The van der Waals surface area contributed by atoms with E-state index in [-0.39, 0.29) is 21.7 Å². The van der Waals surface area contributed by atoms with Crippen LogP contribution in [0.3, 0.4) is 0 Å². The molecule has 34 heavy (non-hydrogen) atoms. The predicted molar refractivity (Wildman–Crippen MR) is 125 cm³/mol. The molecular formula is C24H22N2O7S. The van der Waals surface area contributed by atoms with Gasteiger partial charge in [0.05, 0.1) is 29.6 Å². The summed E-state index contributed by atoms with van der Waals surface area (Å²) in [4.78, 5) is 36.6. The second kappa shape index (κ2) is 10.6. The van der Waals surface area contributed by atoms with Crippen LogP contribution in [0.2, 0.25) is 0 Å². The Labute approximate surface area is 197 Å². The lowest BCUT2D eigenvalue weighted by Crippen LogP contribution is -2.29. The fourth-order valence-corrected chi connectivity index (χ4v) is 4.43. The summed E-state index contributed by atoms with van der Waals surface area (Å²) in [6.45, 7) is -0.697. The van der Waals surface area contributed by atoms with Crippen molar-refractivity contribution in [2.24, 2.45) is 0 Å². The lowest BCUT2D eigenvalue weighted by molar-refractivity contribution is -0.119. The Morgan fingerprint density at radius 1 is 0.824 bits per heavy atom. The van der Waals surface area contributed by atoms with E-state index in [1.165, 1.54) is 50.6 Å². The number of carbonyl (C=O) groups is 3. The van der Waals surface area contributed by atoms with Crippen LogP contribution in [0.4, 0.5) is 11.4 Å². The first-order valence-corrected chi connectivity index (χ1v) is 11.5. The molecule has 0 bridgehead atoms. The average Bonchev–Trinajstić information content (AvgIpc) is 2.87. The number of benzene rings is 3. The van der Waals surface area contributed by atoms with Gasteiger partial charge in [-0.1, -0.05) is 42.5 Å². The van der Waals surface area contributed by atoms with Gasteiger partial charge in [-0.15, -0.1) is 0 Å². The summed E-state index contributed by atoms with van der Waals surface area (Å²) in [5, 5.41) is 2.47. The molecule has 0 heterocycles. The van der Waals surface area contributed by atoms with Gasteiger partial charge in [0.2, 0.25) is 0 Å². The van der Waals surface area contributed by atoms with Crippen LogP contribution in [-0.2, 0) is 24.3 Å². The highest BCUT2D eigenvalue weighted by molar-refractivity contribution is 7.92. The highest BCUT2D eigenvalue weighted by Crippen LogP contribution is 2.25. The van der Waals surface area contributed by atoms with Crippen LogP contribution < -0.4 is 9.62 Å². The van der Waals surface area contributed by atoms with Gasteiger partial charge in [0.15, 0.2) is 6.61 Å². The Kier molecular flexibility index (Phi) is 7.64. The van der Waals surface area contributed by atoms with Gasteiger partial charge in [-0.25, -0.2) is 18.0 Å². The third kappa shape index (κ3) is 5.41. The van der Waals surface area contributed by atoms with E-state index in [0.29, 0.717) is 5.69 Å². The van der Waals surface area contributed by atoms with Gasteiger partial charge in [-0.3, -0.25) is 9.10 Å². The molecular weight excluding hydrogens is 460 g/mol. The van der Waals surface area contributed by atoms with Crippen LogP contribution in [-0.4, -0.2) is 47.0 Å². The Morgan fingerprint density at radius 3 is 2.09 bits per heavy atom. The van der Waals surface area contributed by atoms with Gasteiger partial charge in [-0.2, -0.15) is 0 Å². The molecule has 0 aliphatic rings. The fraction of sp³-hybridized carbons (Fsp3) is 0.125. The number of esters is 2. The number of anilines is 2. The number of amides is 1. The van der Waals surface area contributed by atoms with Gasteiger partial charge in [0.25, 0.3) is 15.9 Å². The van der Waals surface area contributed by atoms with E-state index in [1.807, 2.05) is 0 Å². The largest absolute Gasteiger partial charge is 0.465 e. The molecule has 3 rings (SSSR count). The number of nitrogens with zero attached hydrogens (tertiary/aromatic N) is 1. The summed E-state index contributed by atoms with van der Waals surface area (Å²) in [5.41, 5.74) is 0.510. The van der Waals surface area contributed by atoms with Gasteiger partial charge in [-0.05, 0) is 36.4 Å². The van der Waals surface area contributed by atoms with Crippen molar-refractivity contribution in [1.29, 1.82) is 0 Å². The summed E-state index contributed by atoms with van der Waals surface area (Å²) in [5.74, 6) is -2.35. The number of carbonyl (C=O) groups excluding carboxylic acids is 3.